The van der Waals surface area contributed by atoms with E-state index in [9.17, 15) is 4.79 Å². The summed E-state index contributed by atoms with van der Waals surface area (Å²) in [6.45, 7) is 10.7. The fourth-order valence-corrected chi connectivity index (χ4v) is 4.42. The summed E-state index contributed by atoms with van der Waals surface area (Å²) in [5, 5.41) is 2.99. The standard InChI is InChI=1S/C29H30N2O2S/c1-5-8-22(6-2)23-9-7-10-24(17-23)25-13-14-30-27(18-25)20-31-29(32)26-12-11-21(3)28(19-26)34-16-15-33-4/h5-14,17-19H,1-2,15-16,20H2,3-4H3,(H,31,32)/b22-8+. The number of benzene rings is 2. The fraction of sp³-hybridized carbons (Fsp3) is 0.172. The summed E-state index contributed by atoms with van der Waals surface area (Å²) in [5.74, 6) is 0.728. The second-order valence-corrected chi connectivity index (χ2v) is 8.82. The number of carbonyl (C=O) groups is 1. The maximum atomic E-state index is 12.8. The van der Waals surface area contributed by atoms with E-state index in [1.54, 1.807) is 31.1 Å². The largest absolute Gasteiger partial charge is 0.384 e. The topological polar surface area (TPSA) is 51.2 Å². The number of nitrogens with zero attached hydrogens (tertiary/aromatic N) is 1. The number of hydrogen-bond acceptors (Lipinski definition) is 4. The molecule has 0 aliphatic heterocycles. The quantitative estimate of drug-likeness (QED) is 0.198. The van der Waals surface area contributed by atoms with Crippen LogP contribution < -0.4 is 5.32 Å². The van der Waals surface area contributed by atoms with Crippen molar-refractivity contribution in [3.05, 3.63) is 115 Å². The molecule has 0 aliphatic rings. The second kappa shape index (κ2) is 12.7. The van der Waals surface area contributed by atoms with E-state index in [-0.39, 0.29) is 5.91 Å². The van der Waals surface area contributed by atoms with Gasteiger partial charge < -0.3 is 10.1 Å². The Morgan fingerprint density at radius 3 is 2.68 bits per heavy atom. The van der Waals surface area contributed by atoms with Gasteiger partial charge in [0.25, 0.3) is 5.91 Å². The van der Waals surface area contributed by atoms with Crippen LogP contribution in [-0.2, 0) is 11.3 Å². The predicted molar refractivity (Wildman–Crippen MR) is 143 cm³/mol. The van der Waals surface area contributed by atoms with Gasteiger partial charge in [-0.05, 0) is 65.1 Å². The molecule has 0 saturated carbocycles. The Morgan fingerprint density at radius 2 is 1.91 bits per heavy atom. The van der Waals surface area contributed by atoms with E-state index in [0.29, 0.717) is 18.7 Å². The summed E-state index contributed by atoms with van der Waals surface area (Å²) >= 11 is 1.69. The molecule has 34 heavy (non-hydrogen) atoms. The van der Waals surface area contributed by atoms with Crippen LogP contribution in [0.15, 0.2) is 97.1 Å². The Kier molecular flexibility index (Phi) is 9.44. The third-order valence-electron chi connectivity index (χ3n) is 5.29. The molecule has 0 unspecified atom stereocenters. The summed E-state index contributed by atoms with van der Waals surface area (Å²) in [4.78, 5) is 18.3. The number of methoxy groups -OCH3 is 1. The zero-order chi connectivity index (χ0) is 24.3. The van der Waals surface area contributed by atoms with Crippen molar-refractivity contribution in [3.8, 4) is 11.1 Å². The van der Waals surface area contributed by atoms with Crippen LogP contribution >= 0.6 is 11.8 Å². The molecule has 3 aromatic rings. The number of thioether (sulfide) groups is 1. The number of ether oxygens (including phenoxy) is 1. The van der Waals surface area contributed by atoms with Crippen molar-refractivity contribution in [1.29, 1.82) is 0 Å². The molecule has 0 aliphatic carbocycles. The highest BCUT2D eigenvalue weighted by Gasteiger charge is 2.10. The average molecular weight is 471 g/mol. The van der Waals surface area contributed by atoms with E-state index >= 15 is 0 Å². The van der Waals surface area contributed by atoms with Crippen molar-refractivity contribution in [2.75, 3.05) is 19.5 Å². The Bertz CT molecular complexity index is 1200. The van der Waals surface area contributed by atoms with Gasteiger partial charge in [0.15, 0.2) is 0 Å². The molecule has 0 bridgehead atoms. The lowest BCUT2D eigenvalue weighted by Gasteiger charge is -2.10. The van der Waals surface area contributed by atoms with Crippen molar-refractivity contribution >= 4 is 23.2 Å². The average Bonchev–Trinajstić information content (AvgIpc) is 2.87. The summed E-state index contributed by atoms with van der Waals surface area (Å²) in [6.07, 6.45) is 7.28. The van der Waals surface area contributed by atoms with E-state index in [1.165, 1.54) is 0 Å². The lowest BCUT2D eigenvalue weighted by molar-refractivity contribution is 0.0950. The molecule has 174 valence electrons. The number of aryl methyl sites for hydroxylation is 1. The number of carbonyl (C=O) groups excluding carboxylic acids is 1. The third-order valence-corrected chi connectivity index (χ3v) is 6.41. The van der Waals surface area contributed by atoms with Gasteiger partial charge in [0.2, 0.25) is 0 Å². The van der Waals surface area contributed by atoms with Gasteiger partial charge in [-0.2, -0.15) is 0 Å². The summed E-state index contributed by atoms with van der Waals surface area (Å²) in [5.41, 5.74) is 6.77. The third kappa shape index (κ3) is 6.80. The minimum Gasteiger partial charge on any atom is -0.384 e. The van der Waals surface area contributed by atoms with Crippen LogP contribution in [0.3, 0.4) is 0 Å². The number of pyridine rings is 1. The van der Waals surface area contributed by atoms with Crippen LogP contribution in [0.25, 0.3) is 16.7 Å². The molecule has 0 saturated heterocycles. The summed E-state index contributed by atoms with van der Waals surface area (Å²) < 4.78 is 5.13. The van der Waals surface area contributed by atoms with Crippen LogP contribution in [-0.4, -0.2) is 30.4 Å². The number of allylic oxidation sites excluding steroid dienone is 4. The van der Waals surface area contributed by atoms with Gasteiger partial charge in [-0.15, -0.1) is 11.8 Å². The molecule has 1 aromatic heterocycles. The Labute approximate surface area is 206 Å². The molecular weight excluding hydrogens is 440 g/mol. The zero-order valence-corrected chi connectivity index (χ0v) is 20.5. The highest BCUT2D eigenvalue weighted by molar-refractivity contribution is 7.99. The minimum absolute atomic E-state index is 0.118. The highest BCUT2D eigenvalue weighted by atomic mass is 32.2. The number of rotatable bonds is 11. The molecule has 5 heteroatoms. The van der Waals surface area contributed by atoms with Crippen LogP contribution in [0.2, 0.25) is 0 Å². The number of nitrogens with one attached hydrogen (secondary N) is 1. The fourth-order valence-electron chi connectivity index (χ4n) is 3.45. The summed E-state index contributed by atoms with van der Waals surface area (Å²) in [6, 6.07) is 18.0. The highest BCUT2D eigenvalue weighted by Crippen LogP contribution is 2.25. The maximum absolute atomic E-state index is 12.8. The molecule has 1 heterocycles. The number of aromatic nitrogens is 1. The smallest absolute Gasteiger partial charge is 0.251 e. The van der Waals surface area contributed by atoms with Crippen molar-refractivity contribution in [1.82, 2.24) is 10.3 Å². The van der Waals surface area contributed by atoms with Crippen molar-refractivity contribution in [2.45, 2.75) is 18.4 Å². The van der Waals surface area contributed by atoms with Crippen molar-refractivity contribution < 1.29 is 9.53 Å². The normalized spacial score (nSPS) is 11.2. The second-order valence-electron chi connectivity index (χ2n) is 7.68. The number of amides is 1. The van der Waals surface area contributed by atoms with Gasteiger partial charge >= 0.3 is 0 Å². The maximum Gasteiger partial charge on any atom is 0.251 e. The van der Waals surface area contributed by atoms with Crippen molar-refractivity contribution in [2.24, 2.45) is 0 Å². The number of hydrogen-bond donors (Lipinski definition) is 1. The van der Waals surface area contributed by atoms with E-state index < -0.39 is 0 Å². The van der Waals surface area contributed by atoms with E-state index in [4.69, 9.17) is 4.74 Å². The lowest BCUT2D eigenvalue weighted by Crippen LogP contribution is -2.23. The first-order valence-corrected chi connectivity index (χ1v) is 12.1. The first-order valence-electron chi connectivity index (χ1n) is 11.1. The first kappa shape index (κ1) is 25.2. The molecular formula is C29H30N2O2S. The zero-order valence-electron chi connectivity index (χ0n) is 19.7. The van der Waals surface area contributed by atoms with E-state index in [2.05, 4.69) is 35.6 Å². The van der Waals surface area contributed by atoms with E-state index in [0.717, 1.165) is 44.2 Å². The molecule has 2 aromatic carbocycles. The Hall–Kier alpha value is -3.41. The SMILES string of the molecule is C=C/C=C(\C=C)c1cccc(-c2ccnc(CNC(=O)c3ccc(C)c(SCCOC)c3)c2)c1. The van der Waals surface area contributed by atoms with Crippen LogP contribution in [0, 0.1) is 6.92 Å². The Morgan fingerprint density at radius 1 is 1.09 bits per heavy atom. The molecule has 0 fully saturated rings. The molecule has 0 radical (unpaired) electrons. The molecule has 4 nitrogen and oxygen atoms in total. The minimum atomic E-state index is -0.118. The molecule has 3 rings (SSSR count). The van der Waals surface area contributed by atoms with E-state index in [1.807, 2.05) is 61.5 Å². The monoisotopic (exact) mass is 470 g/mol. The molecule has 1 amide bonds. The van der Waals surface area contributed by atoms with Gasteiger partial charge in [-0.25, -0.2) is 0 Å². The van der Waals surface area contributed by atoms with Gasteiger partial charge in [0, 0.05) is 29.5 Å². The molecule has 0 spiro atoms. The predicted octanol–water partition coefficient (Wildman–Crippen LogP) is 6.48. The van der Waals surface area contributed by atoms with Crippen LogP contribution in [0.5, 0.6) is 0 Å². The molecule has 1 N–H and O–H groups in total. The van der Waals surface area contributed by atoms with Gasteiger partial charge in [-0.1, -0.05) is 55.7 Å². The van der Waals surface area contributed by atoms with Gasteiger partial charge in [0.1, 0.15) is 0 Å². The van der Waals surface area contributed by atoms with Crippen molar-refractivity contribution in [3.63, 3.8) is 0 Å². The van der Waals surface area contributed by atoms with Gasteiger partial charge in [0.05, 0.1) is 18.8 Å². The van der Waals surface area contributed by atoms with Gasteiger partial charge in [-0.3, -0.25) is 9.78 Å². The van der Waals surface area contributed by atoms with Crippen LogP contribution in [0.4, 0.5) is 0 Å². The van der Waals surface area contributed by atoms with Crippen LogP contribution in [0.1, 0.15) is 27.2 Å². The summed E-state index contributed by atoms with van der Waals surface area (Å²) in [7, 11) is 1.69. The Balaban J connectivity index is 1.71. The molecule has 0 atom stereocenters. The lowest BCUT2D eigenvalue weighted by atomic mass is 9.99. The first-order chi connectivity index (χ1) is 16.5.